The highest BCUT2D eigenvalue weighted by molar-refractivity contribution is 5.54. The fraction of sp³-hybridized carbons (Fsp3) is 0.692. The Hall–Kier alpha value is -1.56. The lowest BCUT2D eigenvalue weighted by atomic mass is 9.70. The molecule has 2 rings (SSSR count). The van der Waals surface area contributed by atoms with Crippen molar-refractivity contribution >= 4 is 0 Å². The van der Waals surface area contributed by atoms with E-state index in [0.717, 1.165) is 6.42 Å². The van der Waals surface area contributed by atoms with Crippen molar-refractivity contribution in [1.82, 2.24) is 0 Å². The Morgan fingerprint density at radius 1 is 0.333 bits per heavy atom. The van der Waals surface area contributed by atoms with Crippen molar-refractivity contribution in [2.45, 2.75) is 176 Å². The Morgan fingerprint density at radius 3 is 0.795 bits per heavy atom. The van der Waals surface area contributed by atoms with Gasteiger partial charge in [0.15, 0.2) is 0 Å². The predicted molar refractivity (Wildman–Crippen MR) is 177 cm³/mol. The first-order chi connectivity index (χ1) is 18.6. The number of rotatable bonds is 15. The summed E-state index contributed by atoms with van der Waals surface area (Å²) in [7, 11) is 0. The molecule has 2 aromatic rings. The van der Waals surface area contributed by atoms with Gasteiger partial charge in [0.25, 0.3) is 0 Å². The molecule has 0 heterocycles. The second kappa shape index (κ2) is 15.4. The predicted octanol–water partition coefficient (Wildman–Crippen LogP) is 13.3. The van der Waals surface area contributed by atoms with Crippen LogP contribution in [0.4, 0.5) is 0 Å². The summed E-state index contributed by atoms with van der Waals surface area (Å²) in [5.41, 5.74) is 13.2. The zero-order valence-corrected chi connectivity index (χ0v) is 28.3. The molecule has 220 valence electrons. The van der Waals surface area contributed by atoms with Crippen molar-refractivity contribution in [1.29, 1.82) is 0 Å². The Balaban J connectivity index is 3.04. The van der Waals surface area contributed by atoms with Gasteiger partial charge in [-0.05, 0) is 125 Å². The molecule has 6 atom stereocenters. The molecule has 6 unspecified atom stereocenters. The Labute approximate surface area is 244 Å². The zero-order valence-electron chi connectivity index (χ0n) is 28.3. The third kappa shape index (κ3) is 7.02. The standard InChI is InChI=1S/C39H64/c1-14-25(8)32-21-23-34(38(29(12)18-5)36(32)27(10)16-3)31(20-7)35-24-22-33(26(9)15-2)37(28(11)17-4)39(35)30(13)19-6/h21-31H,14-20H2,1-13H3. The van der Waals surface area contributed by atoms with Gasteiger partial charge >= 0.3 is 0 Å². The van der Waals surface area contributed by atoms with Crippen LogP contribution >= 0.6 is 0 Å². The van der Waals surface area contributed by atoms with E-state index in [1.807, 2.05) is 0 Å². The molecular weight excluding hydrogens is 468 g/mol. The first-order valence-electron chi connectivity index (χ1n) is 16.9. The van der Waals surface area contributed by atoms with Gasteiger partial charge in [-0.25, -0.2) is 0 Å². The second-order valence-corrected chi connectivity index (χ2v) is 13.0. The summed E-state index contributed by atoms with van der Waals surface area (Å²) < 4.78 is 0. The van der Waals surface area contributed by atoms with Crippen LogP contribution in [0.15, 0.2) is 24.3 Å². The van der Waals surface area contributed by atoms with E-state index in [-0.39, 0.29) is 0 Å². The van der Waals surface area contributed by atoms with E-state index >= 15 is 0 Å². The summed E-state index contributed by atoms with van der Waals surface area (Å²) in [5, 5.41) is 0. The Bertz CT molecular complexity index is 945. The lowest BCUT2D eigenvalue weighted by Crippen LogP contribution is -2.18. The molecule has 0 aromatic heterocycles. The smallest absolute Gasteiger partial charge is 0.00926 e. The van der Waals surface area contributed by atoms with E-state index in [1.165, 1.54) is 38.5 Å². The van der Waals surface area contributed by atoms with Gasteiger partial charge in [0.1, 0.15) is 0 Å². The average Bonchev–Trinajstić information content (AvgIpc) is 2.97. The lowest BCUT2D eigenvalue weighted by molar-refractivity contribution is 0.615. The van der Waals surface area contributed by atoms with Gasteiger partial charge in [0.2, 0.25) is 0 Å². The molecule has 0 saturated carbocycles. The molecule has 0 N–H and O–H groups in total. The molecule has 39 heavy (non-hydrogen) atoms. The highest BCUT2D eigenvalue weighted by atomic mass is 14.3. The van der Waals surface area contributed by atoms with Gasteiger partial charge in [-0.15, -0.1) is 0 Å². The summed E-state index contributed by atoms with van der Waals surface area (Å²) in [6, 6.07) is 10.2. The molecule has 0 aliphatic rings. The number of hydrogen-bond acceptors (Lipinski definition) is 0. The molecule has 0 amide bonds. The zero-order chi connectivity index (χ0) is 29.4. The third-order valence-corrected chi connectivity index (χ3v) is 10.6. The number of hydrogen-bond donors (Lipinski definition) is 0. The Kier molecular flexibility index (Phi) is 13.3. The highest BCUT2D eigenvalue weighted by Gasteiger charge is 2.30. The van der Waals surface area contributed by atoms with Gasteiger partial charge in [-0.3, -0.25) is 0 Å². The number of benzene rings is 2. The molecule has 0 bridgehead atoms. The molecular formula is C39H64. The van der Waals surface area contributed by atoms with Crippen LogP contribution in [0.3, 0.4) is 0 Å². The van der Waals surface area contributed by atoms with Crippen molar-refractivity contribution < 1.29 is 0 Å². The van der Waals surface area contributed by atoms with Crippen LogP contribution < -0.4 is 0 Å². The minimum absolute atomic E-state index is 0.445. The second-order valence-electron chi connectivity index (χ2n) is 13.0. The van der Waals surface area contributed by atoms with Crippen LogP contribution in [-0.4, -0.2) is 0 Å². The molecule has 0 saturated heterocycles. The topological polar surface area (TPSA) is 0 Å². The van der Waals surface area contributed by atoms with Gasteiger partial charge < -0.3 is 0 Å². The Morgan fingerprint density at radius 2 is 0.564 bits per heavy atom. The fourth-order valence-corrected chi connectivity index (χ4v) is 6.87. The van der Waals surface area contributed by atoms with Crippen LogP contribution in [0.5, 0.6) is 0 Å². The molecule has 0 fully saturated rings. The largest absolute Gasteiger partial charge is 0.0648 e. The van der Waals surface area contributed by atoms with Crippen LogP contribution in [0.25, 0.3) is 0 Å². The molecule has 0 aliphatic heterocycles. The van der Waals surface area contributed by atoms with Crippen molar-refractivity contribution in [2.24, 2.45) is 0 Å². The summed E-state index contributed by atoms with van der Waals surface area (Å²) in [6.07, 6.45) is 8.35. The highest BCUT2D eigenvalue weighted by Crippen LogP contribution is 2.47. The molecule has 0 aliphatic carbocycles. The van der Waals surface area contributed by atoms with E-state index in [2.05, 4.69) is 114 Å². The monoisotopic (exact) mass is 533 g/mol. The summed E-state index contributed by atoms with van der Waals surface area (Å²) in [4.78, 5) is 0. The van der Waals surface area contributed by atoms with E-state index in [9.17, 15) is 0 Å². The molecule has 0 heteroatoms. The summed E-state index contributed by atoms with van der Waals surface area (Å²) in [6.45, 7) is 31.5. The quantitative estimate of drug-likeness (QED) is 0.214. The van der Waals surface area contributed by atoms with Gasteiger partial charge in [0, 0.05) is 5.92 Å². The molecule has 2 aromatic carbocycles. The first-order valence-corrected chi connectivity index (χ1v) is 16.9. The van der Waals surface area contributed by atoms with E-state index < -0.39 is 0 Å². The molecule has 0 nitrogen and oxygen atoms in total. The minimum atomic E-state index is 0.445. The first kappa shape index (κ1) is 33.6. The van der Waals surface area contributed by atoms with Gasteiger partial charge in [0.05, 0.1) is 0 Å². The maximum Gasteiger partial charge on any atom is 0.00926 e. The maximum atomic E-state index is 2.56. The molecule has 0 radical (unpaired) electrons. The SMILES string of the molecule is CCC(C)c1ccc(C(CC)c2ccc(C(C)CC)c(C(C)CC)c2C(C)CC)c(C(C)CC)c1C(C)CC. The lowest BCUT2D eigenvalue weighted by Gasteiger charge is -2.34. The van der Waals surface area contributed by atoms with E-state index in [4.69, 9.17) is 0 Å². The fourth-order valence-electron chi connectivity index (χ4n) is 6.87. The van der Waals surface area contributed by atoms with Gasteiger partial charge in [-0.1, -0.05) is 114 Å². The third-order valence-electron chi connectivity index (χ3n) is 10.6. The van der Waals surface area contributed by atoms with Crippen molar-refractivity contribution in [3.8, 4) is 0 Å². The van der Waals surface area contributed by atoms with E-state index in [0.29, 0.717) is 41.4 Å². The van der Waals surface area contributed by atoms with Crippen molar-refractivity contribution in [3.05, 3.63) is 68.8 Å². The molecule has 0 spiro atoms. The summed E-state index contributed by atoms with van der Waals surface area (Å²) in [5.74, 6) is 3.98. The maximum absolute atomic E-state index is 2.56. The van der Waals surface area contributed by atoms with Crippen molar-refractivity contribution in [2.75, 3.05) is 0 Å². The van der Waals surface area contributed by atoms with Crippen LogP contribution in [0.1, 0.15) is 221 Å². The average molecular weight is 533 g/mol. The van der Waals surface area contributed by atoms with Crippen molar-refractivity contribution in [3.63, 3.8) is 0 Å². The summed E-state index contributed by atoms with van der Waals surface area (Å²) >= 11 is 0. The van der Waals surface area contributed by atoms with Crippen LogP contribution in [-0.2, 0) is 0 Å². The normalized spacial score (nSPS) is 17.4. The van der Waals surface area contributed by atoms with Crippen LogP contribution in [0.2, 0.25) is 0 Å². The van der Waals surface area contributed by atoms with Gasteiger partial charge in [-0.2, -0.15) is 0 Å². The van der Waals surface area contributed by atoms with Crippen LogP contribution in [0, 0.1) is 0 Å². The minimum Gasteiger partial charge on any atom is -0.0648 e. The van der Waals surface area contributed by atoms with E-state index in [1.54, 1.807) is 44.5 Å².